The van der Waals surface area contributed by atoms with Crippen molar-refractivity contribution in [3.8, 4) is 0 Å². The van der Waals surface area contributed by atoms with E-state index >= 15 is 0 Å². The predicted octanol–water partition coefficient (Wildman–Crippen LogP) is 4.95. The number of anilines is 1. The molecule has 1 saturated heterocycles. The third-order valence-corrected chi connectivity index (χ3v) is 7.30. The lowest BCUT2D eigenvalue weighted by Gasteiger charge is -2.46. The molecule has 0 radical (unpaired) electrons. The largest absolute Gasteiger partial charge is 0.274 e. The summed E-state index contributed by atoms with van der Waals surface area (Å²) in [5, 5.41) is 0. The number of nitrogens with zero attached hydrogens (tertiary/aromatic N) is 1. The summed E-state index contributed by atoms with van der Waals surface area (Å²) in [5.74, 6) is -0.847. The van der Waals surface area contributed by atoms with Crippen LogP contribution in [0.25, 0.3) is 0 Å². The van der Waals surface area contributed by atoms with E-state index in [1.807, 2.05) is 37.3 Å². The molecule has 2 bridgehead atoms. The van der Waals surface area contributed by atoms with Crippen LogP contribution in [0.4, 0.5) is 5.69 Å². The molecule has 4 unspecified atom stereocenters. The number of rotatable bonds is 2. The summed E-state index contributed by atoms with van der Waals surface area (Å²) in [4.78, 5) is 28.8. The highest BCUT2D eigenvalue weighted by atomic mass is 16.2. The van der Waals surface area contributed by atoms with Crippen LogP contribution in [0, 0.1) is 18.8 Å². The normalized spacial score (nSPS) is 25.9. The molecule has 0 spiro atoms. The molecule has 4 aliphatic rings. The van der Waals surface area contributed by atoms with Crippen LogP contribution < -0.4 is 4.90 Å². The summed E-state index contributed by atoms with van der Waals surface area (Å²) < 4.78 is 0. The van der Waals surface area contributed by atoms with Gasteiger partial charge in [-0.25, -0.2) is 4.90 Å². The van der Waals surface area contributed by atoms with E-state index in [0.29, 0.717) is 5.69 Å². The third kappa shape index (κ3) is 2.15. The van der Waals surface area contributed by atoms with Crippen molar-refractivity contribution in [1.82, 2.24) is 0 Å². The molecular weight excluding hydrogens is 370 g/mol. The van der Waals surface area contributed by atoms with Crippen molar-refractivity contribution in [2.75, 3.05) is 4.90 Å². The summed E-state index contributed by atoms with van der Waals surface area (Å²) in [6.07, 6.45) is 0.961. The smallest absolute Gasteiger partial charge is 0.238 e. The van der Waals surface area contributed by atoms with Crippen molar-refractivity contribution in [3.63, 3.8) is 0 Å². The highest BCUT2D eigenvalue weighted by Gasteiger charge is 2.61. The Morgan fingerprint density at radius 2 is 1.30 bits per heavy atom. The second kappa shape index (κ2) is 6.15. The van der Waals surface area contributed by atoms with Crippen LogP contribution in [0.5, 0.6) is 0 Å². The third-order valence-electron chi connectivity index (χ3n) is 7.30. The molecule has 0 aromatic heterocycles. The van der Waals surface area contributed by atoms with Crippen molar-refractivity contribution < 1.29 is 9.59 Å². The molecule has 1 aliphatic heterocycles. The molecule has 3 nitrogen and oxygen atoms in total. The minimum atomic E-state index is -0.321. The van der Waals surface area contributed by atoms with Gasteiger partial charge >= 0.3 is 0 Å². The van der Waals surface area contributed by atoms with E-state index in [4.69, 9.17) is 0 Å². The minimum absolute atomic E-state index is 0.0501. The van der Waals surface area contributed by atoms with Crippen LogP contribution >= 0.6 is 0 Å². The number of carbonyl (C=O) groups is 2. The molecular formula is C27H23NO2. The monoisotopic (exact) mass is 393 g/mol. The number of amides is 2. The van der Waals surface area contributed by atoms with E-state index in [1.165, 1.54) is 32.7 Å². The Morgan fingerprint density at radius 3 is 1.90 bits per heavy atom. The van der Waals surface area contributed by atoms with E-state index in [-0.39, 0.29) is 35.5 Å². The van der Waals surface area contributed by atoms with Gasteiger partial charge in [-0.2, -0.15) is 0 Å². The first-order valence-corrected chi connectivity index (χ1v) is 10.8. The SMILES string of the molecule is CCc1ccc2c(c1)C1c3ccccc3C2C2C(=O)N(c3ccc(C)cc3)C(=O)C12. The molecule has 3 heteroatoms. The van der Waals surface area contributed by atoms with Crippen LogP contribution in [0.15, 0.2) is 66.7 Å². The zero-order valence-corrected chi connectivity index (χ0v) is 17.1. The standard InChI is InChI=1S/C27H23NO2/c1-3-16-10-13-20-21(14-16)23-19-7-5-4-6-18(19)22(20)24-25(23)27(30)28(26(24)29)17-11-8-15(2)9-12-17/h4-14,22-25H,3H2,1-2H3. The second-order valence-electron chi connectivity index (χ2n) is 8.80. The second-order valence-corrected chi connectivity index (χ2v) is 8.80. The van der Waals surface area contributed by atoms with Crippen molar-refractivity contribution in [2.24, 2.45) is 11.8 Å². The van der Waals surface area contributed by atoms with Gasteiger partial charge in [0, 0.05) is 11.8 Å². The lowest BCUT2D eigenvalue weighted by Crippen LogP contribution is -2.41. The maximum atomic E-state index is 13.7. The van der Waals surface area contributed by atoms with Gasteiger partial charge in [0.25, 0.3) is 0 Å². The molecule has 0 N–H and O–H groups in total. The van der Waals surface area contributed by atoms with Gasteiger partial charge in [-0.05, 0) is 53.3 Å². The molecule has 3 aromatic rings. The fraction of sp³-hybridized carbons (Fsp3) is 0.259. The first kappa shape index (κ1) is 17.6. The van der Waals surface area contributed by atoms with Crippen LogP contribution in [0.1, 0.15) is 52.1 Å². The number of aryl methyl sites for hydroxylation is 2. The molecule has 3 aromatic carbocycles. The molecule has 30 heavy (non-hydrogen) atoms. The number of carbonyl (C=O) groups excluding carboxylic acids is 2. The van der Waals surface area contributed by atoms with Gasteiger partial charge in [-0.1, -0.05) is 67.1 Å². The van der Waals surface area contributed by atoms with Crippen molar-refractivity contribution in [3.05, 3.63) is 100 Å². The van der Waals surface area contributed by atoms with Crippen LogP contribution in [-0.4, -0.2) is 11.8 Å². The Morgan fingerprint density at radius 1 is 0.733 bits per heavy atom. The van der Waals surface area contributed by atoms with Gasteiger partial charge < -0.3 is 0 Å². The molecule has 1 heterocycles. The lowest BCUT2D eigenvalue weighted by atomic mass is 9.55. The Hall–Kier alpha value is -3.20. The van der Waals surface area contributed by atoms with Gasteiger partial charge in [-0.15, -0.1) is 0 Å². The van der Waals surface area contributed by atoms with Crippen molar-refractivity contribution in [1.29, 1.82) is 0 Å². The summed E-state index contributed by atoms with van der Waals surface area (Å²) in [5.41, 5.74) is 7.98. The Balaban J connectivity index is 1.56. The maximum Gasteiger partial charge on any atom is 0.238 e. The van der Waals surface area contributed by atoms with Gasteiger partial charge in [0.15, 0.2) is 0 Å². The van der Waals surface area contributed by atoms with Crippen LogP contribution in [-0.2, 0) is 16.0 Å². The first-order chi connectivity index (χ1) is 14.6. The highest BCUT2D eigenvalue weighted by Crippen LogP contribution is 2.61. The minimum Gasteiger partial charge on any atom is -0.274 e. The highest BCUT2D eigenvalue weighted by molar-refractivity contribution is 6.23. The van der Waals surface area contributed by atoms with Crippen molar-refractivity contribution >= 4 is 17.5 Å². The Bertz CT molecular complexity index is 1210. The van der Waals surface area contributed by atoms with Gasteiger partial charge in [0.1, 0.15) is 0 Å². The number of imide groups is 1. The summed E-state index contributed by atoms with van der Waals surface area (Å²) in [7, 11) is 0. The van der Waals surface area contributed by atoms with Crippen LogP contribution in [0.2, 0.25) is 0 Å². The molecule has 4 atom stereocenters. The van der Waals surface area contributed by atoms with E-state index < -0.39 is 0 Å². The summed E-state index contributed by atoms with van der Waals surface area (Å²) in [6, 6.07) is 22.7. The predicted molar refractivity (Wildman–Crippen MR) is 117 cm³/mol. The van der Waals surface area contributed by atoms with Crippen molar-refractivity contribution in [2.45, 2.75) is 32.1 Å². The van der Waals surface area contributed by atoms with Gasteiger partial charge in [-0.3, -0.25) is 9.59 Å². The van der Waals surface area contributed by atoms with E-state index in [0.717, 1.165) is 12.0 Å². The van der Waals surface area contributed by atoms with Gasteiger partial charge in [0.2, 0.25) is 11.8 Å². The number of hydrogen-bond donors (Lipinski definition) is 0. The number of hydrogen-bond acceptors (Lipinski definition) is 2. The maximum absolute atomic E-state index is 13.7. The lowest BCUT2D eigenvalue weighted by molar-refractivity contribution is -0.122. The average Bonchev–Trinajstić information content (AvgIpc) is 3.05. The van der Waals surface area contributed by atoms with E-state index in [9.17, 15) is 9.59 Å². The average molecular weight is 393 g/mol. The zero-order valence-electron chi connectivity index (χ0n) is 17.1. The molecule has 2 amide bonds. The fourth-order valence-corrected chi connectivity index (χ4v) is 5.95. The van der Waals surface area contributed by atoms with Gasteiger partial charge in [0.05, 0.1) is 17.5 Å². The molecule has 3 aliphatic carbocycles. The molecule has 1 fully saturated rings. The Kier molecular flexibility index (Phi) is 3.62. The fourth-order valence-electron chi connectivity index (χ4n) is 5.95. The first-order valence-electron chi connectivity index (χ1n) is 10.8. The quantitative estimate of drug-likeness (QED) is 0.578. The molecule has 148 valence electrons. The number of benzene rings is 3. The Labute approximate surface area is 176 Å². The molecule has 7 rings (SSSR count). The summed E-state index contributed by atoms with van der Waals surface area (Å²) >= 11 is 0. The van der Waals surface area contributed by atoms with E-state index in [1.54, 1.807) is 0 Å². The molecule has 0 saturated carbocycles. The summed E-state index contributed by atoms with van der Waals surface area (Å²) in [6.45, 7) is 4.17. The topological polar surface area (TPSA) is 37.4 Å². The van der Waals surface area contributed by atoms with E-state index in [2.05, 4.69) is 43.3 Å². The zero-order chi connectivity index (χ0) is 20.6. The van der Waals surface area contributed by atoms with Crippen LogP contribution in [0.3, 0.4) is 0 Å².